The van der Waals surface area contributed by atoms with E-state index in [0.717, 1.165) is 16.8 Å². The monoisotopic (exact) mass is 324 g/mol. The fraction of sp³-hybridized carbons (Fsp3) is 0.300. The molecule has 0 aliphatic rings. The van der Waals surface area contributed by atoms with E-state index in [2.05, 4.69) is 5.32 Å². The van der Waals surface area contributed by atoms with Crippen molar-refractivity contribution in [1.29, 1.82) is 0 Å². The summed E-state index contributed by atoms with van der Waals surface area (Å²) in [5.41, 5.74) is 2.85. The molecule has 0 spiro atoms. The lowest BCUT2D eigenvalue weighted by Crippen LogP contribution is -2.37. The minimum absolute atomic E-state index is 0.0377. The van der Waals surface area contributed by atoms with E-state index in [1.807, 2.05) is 68.4 Å². The van der Waals surface area contributed by atoms with Gasteiger partial charge in [-0.25, -0.2) is 0 Å². The molecular formula is C20H24N2O2. The number of hydrogen-bond acceptors (Lipinski definition) is 2. The second kappa shape index (κ2) is 8.29. The third kappa shape index (κ3) is 4.69. The molecule has 1 N–H and O–H groups in total. The van der Waals surface area contributed by atoms with Gasteiger partial charge >= 0.3 is 0 Å². The van der Waals surface area contributed by atoms with Gasteiger partial charge in [0, 0.05) is 12.7 Å². The van der Waals surface area contributed by atoms with Crippen LogP contribution in [0.5, 0.6) is 0 Å². The zero-order valence-electron chi connectivity index (χ0n) is 14.5. The molecule has 0 bridgehead atoms. The molecule has 2 aromatic carbocycles. The molecule has 2 rings (SSSR count). The number of aryl methyl sites for hydroxylation is 1. The maximum absolute atomic E-state index is 12.7. The first-order valence-corrected chi connectivity index (χ1v) is 8.17. The number of nitrogens with zero attached hydrogens (tertiary/aromatic N) is 1. The minimum atomic E-state index is -0.219. The average molecular weight is 324 g/mol. The Bertz CT molecular complexity index is 681. The first kappa shape index (κ1) is 17.7. The Morgan fingerprint density at radius 3 is 2.25 bits per heavy atom. The predicted octanol–water partition coefficient (Wildman–Crippen LogP) is 3.59. The normalized spacial score (nSPS) is 11.6. The average Bonchev–Trinajstić information content (AvgIpc) is 2.58. The van der Waals surface area contributed by atoms with Crippen molar-refractivity contribution in [3.05, 3.63) is 65.7 Å². The Morgan fingerprint density at radius 2 is 1.67 bits per heavy atom. The van der Waals surface area contributed by atoms with Gasteiger partial charge < -0.3 is 10.2 Å². The largest absolute Gasteiger partial charge is 0.336 e. The van der Waals surface area contributed by atoms with Gasteiger partial charge in [-0.2, -0.15) is 0 Å². The summed E-state index contributed by atoms with van der Waals surface area (Å²) in [6.45, 7) is 4.01. The zero-order chi connectivity index (χ0) is 17.5. The highest BCUT2D eigenvalue weighted by molar-refractivity contribution is 5.95. The number of rotatable bonds is 6. The molecule has 0 aliphatic carbocycles. The summed E-state index contributed by atoms with van der Waals surface area (Å²) < 4.78 is 0. The van der Waals surface area contributed by atoms with Crippen molar-refractivity contribution >= 4 is 17.5 Å². The van der Waals surface area contributed by atoms with Gasteiger partial charge in [0.2, 0.25) is 11.8 Å². The summed E-state index contributed by atoms with van der Waals surface area (Å²) in [6, 6.07) is 17.3. The molecule has 2 aromatic rings. The summed E-state index contributed by atoms with van der Waals surface area (Å²) in [7, 11) is 1.67. The van der Waals surface area contributed by atoms with Gasteiger partial charge in [-0.3, -0.25) is 9.59 Å². The van der Waals surface area contributed by atoms with Crippen LogP contribution < -0.4 is 5.32 Å². The summed E-state index contributed by atoms with van der Waals surface area (Å²) in [5, 5.41) is 2.82. The molecule has 0 fully saturated rings. The number of carbonyl (C=O) groups excluding carboxylic acids is 2. The van der Waals surface area contributed by atoms with Crippen LogP contribution in [0.3, 0.4) is 0 Å². The van der Waals surface area contributed by atoms with E-state index in [1.165, 1.54) is 4.90 Å². The van der Waals surface area contributed by atoms with E-state index < -0.39 is 0 Å². The first-order valence-electron chi connectivity index (χ1n) is 8.17. The number of benzene rings is 2. The van der Waals surface area contributed by atoms with Gasteiger partial charge in [-0.15, -0.1) is 0 Å². The Kier molecular flexibility index (Phi) is 6.13. The molecule has 1 unspecified atom stereocenters. The SMILES string of the molecule is CCC(C(=O)N(C)CC(=O)Nc1ccc(C)cc1)c1ccccc1. The molecule has 126 valence electrons. The van der Waals surface area contributed by atoms with Crippen LogP contribution in [0.4, 0.5) is 5.69 Å². The fourth-order valence-electron chi connectivity index (χ4n) is 2.64. The summed E-state index contributed by atoms with van der Waals surface area (Å²) in [4.78, 5) is 26.3. The molecular weight excluding hydrogens is 300 g/mol. The summed E-state index contributed by atoms with van der Waals surface area (Å²) in [5.74, 6) is -0.455. The lowest BCUT2D eigenvalue weighted by Gasteiger charge is -2.23. The molecule has 24 heavy (non-hydrogen) atoms. The number of carbonyl (C=O) groups is 2. The number of nitrogens with one attached hydrogen (secondary N) is 1. The second-order valence-electron chi connectivity index (χ2n) is 5.98. The third-order valence-corrected chi connectivity index (χ3v) is 4.00. The predicted molar refractivity (Wildman–Crippen MR) is 96.9 cm³/mol. The number of likely N-dealkylation sites (N-methyl/N-ethyl adjacent to an activating group) is 1. The van der Waals surface area contributed by atoms with Gasteiger partial charge in [0.05, 0.1) is 12.5 Å². The first-order chi connectivity index (χ1) is 11.5. The van der Waals surface area contributed by atoms with E-state index in [4.69, 9.17) is 0 Å². The lowest BCUT2D eigenvalue weighted by atomic mass is 9.95. The fourth-order valence-corrected chi connectivity index (χ4v) is 2.64. The summed E-state index contributed by atoms with van der Waals surface area (Å²) >= 11 is 0. The minimum Gasteiger partial charge on any atom is -0.336 e. The highest BCUT2D eigenvalue weighted by atomic mass is 16.2. The van der Waals surface area contributed by atoms with Gasteiger partial charge in [0.15, 0.2) is 0 Å². The van der Waals surface area contributed by atoms with Crippen LogP contribution in [0, 0.1) is 6.92 Å². The Hall–Kier alpha value is -2.62. The van der Waals surface area contributed by atoms with Crippen LogP contribution in [-0.4, -0.2) is 30.3 Å². The van der Waals surface area contributed by atoms with E-state index in [0.29, 0.717) is 6.42 Å². The maximum Gasteiger partial charge on any atom is 0.243 e. The molecule has 0 radical (unpaired) electrons. The van der Waals surface area contributed by atoms with Gasteiger partial charge in [0.25, 0.3) is 0 Å². The van der Waals surface area contributed by atoms with Crippen molar-refractivity contribution in [3.63, 3.8) is 0 Å². The molecule has 0 saturated heterocycles. The number of amides is 2. The van der Waals surface area contributed by atoms with Crippen molar-refractivity contribution in [3.8, 4) is 0 Å². The molecule has 0 saturated carbocycles. The Morgan fingerprint density at radius 1 is 1.04 bits per heavy atom. The van der Waals surface area contributed by atoms with Gasteiger partial charge in [-0.1, -0.05) is 55.0 Å². The van der Waals surface area contributed by atoms with Gasteiger partial charge in [-0.05, 0) is 31.0 Å². The van der Waals surface area contributed by atoms with Crippen LogP contribution in [0.1, 0.15) is 30.4 Å². The second-order valence-corrected chi connectivity index (χ2v) is 5.98. The standard InChI is InChI=1S/C20H24N2O2/c1-4-18(16-8-6-5-7-9-16)20(24)22(3)14-19(23)21-17-12-10-15(2)11-13-17/h5-13,18H,4,14H2,1-3H3,(H,21,23). The van der Waals surface area contributed by atoms with Crippen molar-refractivity contribution in [1.82, 2.24) is 4.90 Å². The molecule has 0 heterocycles. The third-order valence-electron chi connectivity index (χ3n) is 4.00. The Balaban J connectivity index is 1.97. The smallest absolute Gasteiger partial charge is 0.243 e. The van der Waals surface area contributed by atoms with Crippen LogP contribution in [-0.2, 0) is 9.59 Å². The van der Waals surface area contributed by atoms with E-state index in [9.17, 15) is 9.59 Å². The van der Waals surface area contributed by atoms with Crippen LogP contribution in [0.2, 0.25) is 0 Å². The topological polar surface area (TPSA) is 49.4 Å². The lowest BCUT2D eigenvalue weighted by molar-refractivity contribution is -0.134. The molecule has 0 aliphatic heterocycles. The maximum atomic E-state index is 12.7. The summed E-state index contributed by atoms with van der Waals surface area (Å²) in [6.07, 6.45) is 0.701. The Labute approximate surface area is 143 Å². The number of anilines is 1. The molecule has 2 amide bonds. The van der Waals surface area contributed by atoms with E-state index in [1.54, 1.807) is 7.05 Å². The molecule has 0 aromatic heterocycles. The molecule has 4 heteroatoms. The van der Waals surface area contributed by atoms with Crippen molar-refractivity contribution in [2.45, 2.75) is 26.2 Å². The van der Waals surface area contributed by atoms with Crippen LogP contribution >= 0.6 is 0 Å². The highest BCUT2D eigenvalue weighted by Crippen LogP contribution is 2.21. The number of hydrogen-bond donors (Lipinski definition) is 1. The van der Waals surface area contributed by atoms with Crippen molar-refractivity contribution in [2.24, 2.45) is 0 Å². The highest BCUT2D eigenvalue weighted by Gasteiger charge is 2.23. The zero-order valence-corrected chi connectivity index (χ0v) is 14.5. The van der Waals surface area contributed by atoms with Crippen LogP contribution in [0.15, 0.2) is 54.6 Å². The van der Waals surface area contributed by atoms with Gasteiger partial charge in [0.1, 0.15) is 0 Å². The van der Waals surface area contributed by atoms with Crippen molar-refractivity contribution in [2.75, 3.05) is 18.9 Å². The van der Waals surface area contributed by atoms with Crippen LogP contribution in [0.25, 0.3) is 0 Å². The van der Waals surface area contributed by atoms with E-state index in [-0.39, 0.29) is 24.3 Å². The van der Waals surface area contributed by atoms with E-state index >= 15 is 0 Å². The molecule has 4 nitrogen and oxygen atoms in total. The molecule has 1 atom stereocenters. The van der Waals surface area contributed by atoms with Crippen molar-refractivity contribution < 1.29 is 9.59 Å². The quantitative estimate of drug-likeness (QED) is 0.883.